The van der Waals surface area contributed by atoms with Crippen LogP contribution in [0.2, 0.25) is 0 Å². The van der Waals surface area contributed by atoms with Crippen LogP contribution in [0.25, 0.3) is 0 Å². The second-order valence-corrected chi connectivity index (χ2v) is 9.65. The minimum atomic E-state index is -3.81. The lowest BCUT2D eigenvalue weighted by Crippen LogP contribution is -2.42. The van der Waals surface area contributed by atoms with E-state index >= 15 is 0 Å². The lowest BCUT2D eigenvalue weighted by molar-refractivity contribution is -0.129. The number of sulfonamides is 1. The predicted octanol–water partition coefficient (Wildman–Crippen LogP) is 3.33. The number of hydrogen-bond acceptors (Lipinski definition) is 4. The van der Waals surface area contributed by atoms with Gasteiger partial charge in [0.2, 0.25) is 15.9 Å². The Morgan fingerprint density at radius 3 is 2.16 bits per heavy atom. The largest absolute Gasteiger partial charge is 0.362 e. The number of benzene rings is 3. The molecule has 0 fully saturated rings. The first-order valence-electron chi connectivity index (χ1n) is 10.6. The van der Waals surface area contributed by atoms with Gasteiger partial charge in [-0.05, 0) is 41.7 Å². The first kappa shape index (κ1) is 22.0. The van der Waals surface area contributed by atoms with Crippen molar-refractivity contribution in [1.29, 1.82) is 0 Å². The average Bonchev–Trinajstić information content (AvgIpc) is 2.80. The zero-order valence-corrected chi connectivity index (χ0v) is 18.8. The van der Waals surface area contributed by atoms with Gasteiger partial charge in [0.05, 0.1) is 17.5 Å². The first-order valence-corrected chi connectivity index (χ1v) is 12.2. The Kier molecular flexibility index (Phi) is 6.30. The highest BCUT2D eigenvalue weighted by molar-refractivity contribution is 7.89. The summed E-state index contributed by atoms with van der Waals surface area (Å²) in [5, 5.41) is 5.33. The van der Waals surface area contributed by atoms with E-state index in [9.17, 15) is 13.2 Å². The van der Waals surface area contributed by atoms with Crippen molar-refractivity contribution >= 4 is 21.6 Å². The second kappa shape index (κ2) is 9.14. The Labute approximate surface area is 189 Å². The van der Waals surface area contributed by atoms with Gasteiger partial charge in [-0.2, -0.15) is 0 Å². The smallest absolute Gasteiger partial charge is 0.242 e. The van der Waals surface area contributed by atoms with Gasteiger partial charge in [0.1, 0.15) is 0 Å². The van der Waals surface area contributed by atoms with Crippen molar-refractivity contribution in [3.8, 4) is 0 Å². The summed E-state index contributed by atoms with van der Waals surface area (Å²) in [6.07, 6.45) is 1.75. The topological polar surface area (TPSA) is 83.7 Å². The standard InChI is InChI=1S/C25H27N3O3S/c1-27(25(20-9-4-2-5-10-20)21-11-6-3-7-12-21)24(29)18-28-16-8-13-19-14-15-22(17-23(19)28)32(26,30)31/h2-7,9-12,14-15,17,25H,8,13,16,18H2,1H3,(H2,26,30,31). The number of carbonyl (C=O) groups excluding carboxylic acids is 1. The normalized spacial score (nSPS) is 13.7. The highest BCUT2D eigenvalue weighted by Crippen LogP contribution is 2.31. The second-order valence-electron chi connectivity index (χ2n) is 8.09. The Morgan fingerprint density at radius 2 is 1.59 bits per heavy atom. The monoisotopic (exact) mass is 449 g/mol. The molecular weight excluding hydrogens is 422 g/mol. The summed E-state index contributed by atoms with van der Waals surface area (Å²) >= 11 is 0. The summed E-state index contributed by atoms with van der Waals surface area (Å²) < 4.78 is 23.7. The molecule has 32 heavy (non-hydrogen) atoms. The van der Waals surface area contributed by atoms with Crippen molar-refractivity contribution in [2.75, 3.05) is 25.0 Å². The van der Waals surface area contributed by atoms with E-state index in [2.05, 4.69) is 0 Å². The quantitative estimate of drug-likeness (QED) is 0.626. The predicted molar refractivity (Wildman–Crippen MR) is 126 cm³/mol. The zero-order valence-electron chi connectivity index (χ0n) is 18.0. The number of fused-ring (bicyclic) bond motifs is 1. The Bertz CT molecular complexity index is 1160. The molecule has 0 saturated carbocycles. The van der Waals surface area contributed by atoms with Crippen molar-refractivity contribution < 1.29 is 13.2 Å². The molecule has 0 bridgehead atoms. The molecule has 0 radical (unpaired) electrons. The van der Waals surface area contributed by atoms with E-state index in [-0.39, 0.29) is 23.4 Å². The van der Waals surface area contributed by atoms with E-state index in [1.54, 1.807) is 17.0 Å². The SMILES string of the molecule is CN(C(=O)CN1CCCc2ccc(S(N)(=O)=O)cc21)C(c1ccccc1)c1ccccc1. The van der Waals surface area contributed by atoms with E-state index in [0.29, 0.717) is 6.54 Å². The van der Waals surface area contributed by atoms with Gasteiger partial charge in [-0.1, -0.05) is 66.7 Å². The number of anilines is 1. The fourth-order valence-corrected chi connectivity index (χ4v) is 4.83. The molecule has 1 aliphatic rings. The number of rotatable bonds is 6. The third-order valence-corrected chi connectivity index (χ3v) is 6.85. The van der Waals surface area contributed by atoms with Gasteiger partial charge >= 0.3 is 0 Å². The summed E-state index contributed by atoms with van der Waals surface area (Å²) in [4.78, 5) is 17.2. The van der Waals surface area contributed by atoms with Gasteiger partial charge in [-0.3, -0.25) is 4.79 Å². The summed E-state index contributed by atoms with van der Waals surface area (Å²) in [6, 6.07) is 24.6. The van der Waals surface area contributed by atoms with Gasteiger partial charge in [-0.25, -0.2) is 13.6 Å². The van der Waals surface area contributed by atoms with Gasteiger partial charge in [-0.15, -0.1) is 0 Å². The van der Waals surface area contributed by atoms with E-state index in [1.165, 1.54) is 6.07 Å². The van der Waals surface area contributed by atoms with Crippen LogP contribution in [-0.4, -0.2) is 39.4 Å². The van der Waals surface area contributed by atoms with Crippen LogP contribution < -0.4 is 10.0 Å². The number of likely N-dealkylation sites (N-methyl/N-ethyl adjacent to an activating group) is 1. The van der Waals surface area contributed by atoms with Gasteiger partial charge < -0.3 is 9.80 Å². The number of hydrogen-bond donors (Lipinski definition) is 1. The van der Waals surface area contributed by atoms with Crippen LogP contribution >= 0.6 is 0 Å². The molecular formula is C25H27N3O3S. The lowest BCUT2D eigenvalue weighted by atomic mass is 9.97. The van der Waals surface area contributed by atoms with E-state index in [1.807, 2.05) is 72.6 Å². The van der Waals surface area contributed by atoms with Crippen LogP contribution in [0.1, 0.15) is 29.2 Å². The molecule has 1 heterocycles. The maximum Gasteiger partial charge on any atom is 0.242 e. The summed E-state index contributed by atoms with van der Waals surface area (Å²) in [6.45, 7) is 0.843. The molecule has 0 saturated heterocycles. The van der Waals surface area contributed by atoms with Crippen LogP contribution in [0.4, 0.5) is 5.69 Å². The lowest BCUT2D eigenvalue weighted by Gasteiger charge is -2.35. The minimum absolute atomic E-state index is 0.0448. The van der Waals surface area contributed by atoms with Gasteiger partial charge in [0.25, 0.3) is 0 Å². The molecule has 166 valence electrons. The number of nitrogens with two attached hydrogens (primary N) is 1. The Balaban J connectivity index is 1.62. The van der Waals surface area contributed by atoms with E-state index in [4.69, 9.17) is 5.14 Å². The highest BCUT2D eigenvalue weighted by atomic mass is 32.2. The molecule has 0 unspecified atom stereocenters. The fraction of sp³-hybridized carbons (Fsp3) is 0.240. The maximum absolute atomic E-state index is 13.4. The molecule has 1 amide bonds. The van der Waals surface area contributed by atoms with Crippen LogP contribution in [0.3, 0.4) is 0 Å². The molecule has 4 rings (SSSR count). The number of aryl methyl sites for hydroxylation is 1. The van der Waals surface area contributed by atoms with Crippen molar-refractivity contribution in [3.05, 3.63) is 95.6 Å². The molecule has 6 nitrogen and oxygen atoms in total. The van der Waals surface area contributed by atoms with Gasteiger partial charge in [0.15, 0.2) is 0 Å². The number of amides is 1. The molecule has 2 N–H and O–H groups in total. The summed E-state index contributed by atoms with van der Waals surface area (Å²) in [7, 11) is -1.99. The average molecular weight is 450 g/mol. The maximum atomic E-state index is 13.4. The molecule has 0 aromatic heterocycles. The van der Waals surface area contributed by atoms with Crippen LogP contribution in [0, 0.1) is 0 Å². The highest BCUT2D eigenvalue weighted by Gasteiger charge is 2.27. The first-order chi connectivity index (χ1) is 15.3. The molecule has 3 aromatic rings. The Hall–Kier alpha value is -3.16. The molecule has 0 atom stereocenters. The summed E-state index contributed by atoms with van der Waals surface area (Å²) in [5.74, 6) is -0.0448. The molecule has 1 aliphatic heterocycles. The molecule has 0 aliphatic carbocycles. The zero-order chi connectivity index (χ0) is 22.7. The number of nitrogens with zero attached hydrogens (tertiary/aromatic N) is 2. The van der Waals surface area contributed by atoms with Crippen LogP contribution in [0.5, 0.6) is 0 Å². The van der Waals surface area contributed by atoms with Gasteiger partial charge in [0, 0.05) is 19.3 Å². The fourth-order valence-electron chi connectivity index (χ4n) is 4.30. The van der Waals surface area contributed by atoms with Crippen molar-refractivity contribution in [3.63, 3.8) is 0 Å². The number of primary sulfonamides is 1. The summed E-state index contributed by atoms with van der Waals surface area (Å²) in [5.41, 5.74) is 3.86. The van der Waals surface area contributed by atoms with E-state index in [0.717, 1.165) is 35.2 Å². The number of carbonyl (C=O) groups is 1. The Morgan fingerprint density at radius 1 is 1.00 bits per heavy atom. The van der Waals surface area contributed by atoms with Crippen molar-refractivity contribution in [2.24, 2.45) is 5.14 Å². The minimum Gasteiger partial charge on any atom is -0.362 e. The van der Waals surface area contributed by atoms with E-state index < -0.39 is 10.0 Å². The van der Waals surface area contributed by atoms with Crippen molar-refractivity contribution in [2.45, 2.75) is 23.8 Å². The third-order valence-electron chi connectivity index (χ3n) is 5.94. The molecule has 3 aromatic carbocycles. The molecule has 0 spiro atoms. The van der Waals surface area contributed by atoms with Crippen LogP contribution in [0.15, 0.2) is 83.8 Å². The van der Waals surface area contributed by atoms with Crippen molar-refractivity contribution in [1.82, 2.24) is 4.90 Å². The van der Waals surface area contributed by atoms with Crippen LogP contribution in [-0.2, 0) is 21.2 Å². The third kappa shape index (κ3) is 4.69. The molecule has 7 heteroatoms.